The molecule has 0 spiro atoms. The van der Waals surface area contributed by atoms with Crippen LogP contribution in [0, 0.1) is 11.3 Å². The standard InChI is InChI=1S/C12H20O4/c1-5-16-11(15)12(4,7-6-8-13)10(14)9(2)3/h8-9H,5-7H2,1-4H3. The normalized spacial score (nSPS) is 14.3. The molecule has 4 nitrogen and oxygen atoms in total. The molecule has 0 aliphatic rings. The van der Waals surface area contributed by atoms with Gasteiger partial charge in [0.1, 0.15) is 11.7 Å². The van der Waals surface area contributed by atoms with Crippen LogP contribution in [-0.4, -0.2) is 24.6 Å². The van der Waals surface area contributed by atoms with Gasteiger partial charge in [-0.25, -0.2) is 0 Å². The van der Waals surface area contributed by atoms with Gasteiger partial charge in [-0.3, -0.25) is 9.59 Å². The summed E-state index contributed by atoms with van der Waals surface area (Å²) in [6.07, 6.45) is 1.12. The molecule has 0 bridgehead atoms. The highest BCUT2D eigenvalue weighted by atomic mass is 16.5. The Morgan fingerprint density at radius 1 is 1.38 bits per heavy atom. The van der Waals surface area contributed by atoms with Crippen molar-refractivity contribution < 1.29 is 19.1 Å². The molecule has 0 radical (unpaired) electrons. The first-order valence-corrected chi connectivity index (χ1v) is 5.55. The van der Waals surface area contributed by atoms with Gasteiger partial charge in [0.05, 0.1) is 6.61 Å². The lowest BCUT2D eigenvalue weighted by Gasteiger charge is -2.26. The average Bonchev–Trinajstić information content (AvgIpc) is 2.24. The summed E-state index contributed by atoms with van der Waals surface area (Å²) in [5, 5.41) is 0. The maximum Gasteiger partial charge on any atom is 0.319 e. The topological polar surface area (TPSA) is 60.4 Å². The van der Waals surface area contributed by atoms with E-state index in [0.29, 0.717) is 6.29 Å². The fourth-order valence-electron chi connectivity index (χ4n) is 1.60. The summed E-state index contributed by atoms with van der Waals surface area (Å²) in [5.74, 6) is -0.954. The molecule has 0 aromatic carbocycles. The van der Waals surface area contributed by atoms with Gasteiger partial charge in [0.15, 0.2) is 5.78 Å². The Hall–Kier alpha value is -1.19. The molecule has 92 valence electrons. The van der Waals surface area contributed by atoms with Gasteiger partial charge in [-0.05, 0) is 20.3 Å². The number of hydrogen-bond acceptors (Lipinski definition) is 4. The van der Waals surface area contributed by atoms with E-state index in [1.54, 1.807) is 27.7 Å². The summed E-state index contributed by atoms with van der Waals surface area (Å²) in [6, 6.07) is 0. The van der Waals surface area contributed by atoms with Crippen LogP contribution in [0.4, 0.5) is 0 Å². The van der Waals surface area contributed by atoms with Crippen molar-refractivity contribution in [3.63, 3.8) is 0 Å². The summed E-state index contributed by atoms with van der Waals surface area (Å²) < 4.78 is 4.90. The highest BCUT2D eigenvalue weighted by Crippen LogP contribution is 2.29. The quantitative estimate of drug-likeness (QED) is 0.378. The van der Waals surface area contributed by atoms with E-state index in [4.69, 9.17) is 4.74 Å². The van der Waals surface area contributed by atoms with Gasteiger partial charge in [0.2, 0.25) is 0 Å². The number of aldehydes is 1. The minimum absolute atomic E-state index is 0.173. The second kappa shape index (κ2) is 6.40. The lowest BCUT2D eigenvalue weighted by molar-refractivity contribution is -0.160. The molecule has 0 N–H and O–H groups in total. The maximum atomic E-state index is 12.0. The highest BCUT2D eigenvalue weighted by Gasteiger charge is 2.42. The van der Waals surface area contributed by atoms with Crippen molar-refractivity contribution in [1.29, 1.82) is 0 Å². The van der Waals surface area contributed by atoms with Gasteiger partial charge in [0, 0.05) is 12.3 Å². The molecule has 0 saturated heterocycles. The van der Waals surface area contributed by atoms with Crippen LogP contribution in [0.3, 0.4) is 0 Å². The molecule has 1 atom stereocenters. The van der Waals surface area contributed by atoms with E-state index in [-0.39, 0.29) is 31.1 Å². The van der Waals surface area contributed by atoms with E-state index in [2.05, 4.69) is 0 Å². The van der Waals surface area contributed by atoms with E-state index >= 15 is 0 Å². The molecule has 0 amide bonds. The molecule has 0 heterocycles. The summed E-state index contributed by atoms with van der Waals surface area (Å²) in [4.78, 5) is 34.1. The van der Waals surface area contributed by atoms with Crippen LogP contribution >= 0.6 is 0 Å². The molecule has 0 aliphatic heterocycles. The van der Waals surface area contributed by atoms with Gasteiger partial charge in [-0.15, -0.1) is 0 Å². The fraction of sp³-hybridized carbons (Fsp3) is 0.750. The van der Waals surface area contributed by atoms with Gasteiger partial charge >= 0.3 is 5.97 Å². The van der Waals surface area contributed by atoms with E-state index in [1.165, 1.54) is 0 Å². The number of hydrogen-bond donors (Lipinski definition) is 0. The van der Waals surface area contributed by atoms with Crippen LogP contribution in [0.2, 0.25) is 0 Å². The van der Waals surface area contributed by atoms with E-state index < -0.39 is 11.4 Å². The second-order valence-corrected chi connectivity index (χ2v) is 4.28. The SMILES string of the molecule is CCOC(=O)C(C)(CCC=O)C(=O)C(C)C. The Kier molecular flexibility index (Phi) is 5.93. The van der Waals surface area contributed by atoms with E-state index in [0.717, 1.165) is 0 Å². The Morgan fingerprint density at radius 3 is 2.31 bits per heavy atom. The summed E-state index contributed by atoms with van der Waals surface area (Å²) in [5.41, 5.74) is -1.19. The Morgan fingerprint density at radius 2 is 1.94 bits per heavy atom. The van der Waals surface area contributed by atoms with Gasteiger partial charge in [-0.2, -0.15) is 0 Å². The lowest BCUT2D eigenvalue weighted by Crippen LogP contribution is -2.40. The van der Waals surface area contributed by atoms with Crippen LogP contribution in [-0.2, 0) is 19.1 Å². The number of carbonyl (C=O) groups excluding carboxylic acids is 3. The number of esters is 1. The monoisotopic (exact) mass is 228 g/mol. The molecule has 0 aliphatic carbocycles. The first-order chi connectivity index (χ1) is 7.40. The van der Waals surface area contributed by atoms with Crippen molar-refractivity contribution in [3.05, 3.63) is 0 Å². The predicted molar refractivity (Wildman–Crippen MR) is 59.9 cm³/mol. The van der Waals surface area contributed by atoms with Crippen molar-refractivity contribution in [2.75, 3.05) is 6.61 Å². The van der Waals surface area contributed by atoms with Crippen LogP contribution in [0.15, 0.2) is 0 Å². The van der Waals surface area contributed by atoms with Crippen molar-refractivity contribution >= 4 is 18.0 Å². The highest BCUT2D eigenvalue weighted by molar-refractivity contribution is 6.04. The molecular weight excluding hydrogens is 208 g/mol. The van der Waals surface area contributed by atoms with Crippen molar-refractivity contribution in [3.8, 4) is 0 Å². The van der Waals surface area contributed by atoms with Crippen molar-refractivity contribution in [1.82, 2.24) is 0 Å². The minimum Gasteiger partial charge on any atom is -0.465 e. The third kappa shape index (κ3) is 3.43. The van der Waals surface area contributed by atoms with Gasteiger partial charge < -0.3 is 9.53 Å². The molecule has 0 fully saturated rings. The predicted octanol–water partition coefficient (Wildman–Crippen LogP) is 1.76. The number of Topliss-reactive ketones (excluding diaryl/α,β-unsaturated/α-hetero) is 1. The van der Waals surface area contributed by atoms with Crippen LogP contribution in [0.25, 0.3) is 0 Å². The number of carbonyl (C=O) groups is 3. The Labute approximate surface area is 96.4 Å². The molecule has 0 aromatic rings. The smallest absolute Gasteiger partial charge is 0.319 e. The molecule has 0 saturated carbocycles. The van der Waals surface area contributed by atoms with E-state index in [9.17, 15) is 14.4 Å². The second-order valence-electron chi connectivity index (χ2n) is 4.28. The minimum atomic E-state index is -1.19. The molecular formula is C12H20O4. The average molecular weight is 228 g/mol. The third-order valence-electron chi connectivity index (χ3n) is 2.56. The first-order valence-electron chi connectivity index (χ1n) is 5.55. The summed E-state index contributed by atoms with van der Waals surface area (Å²) >= 11 is 0. The summed E-state index contributed by atoms with van der Waals surface area (Å²) in [6.45, 7) is 6.96. The molecule has 0 rings (SSSR count). The van der Waals surface area contributed by atoms with Crippen molar-refractivity contribution in [2.24, 2.45) is 11.3 Å². The van der Waals surface area contributed by atoms with Gasteiger partial charge in [0.25, 0.3) is 0 Å². The largest absolute Gasteiger partial charge is 0.465 e. The third-order valence-corrected chi connectivity index (χ3v) is 2.56. The zero-order valence-corrected chi connectivity index (χ0v) is 10.4. The van der Waals surface area contributed by atoms with Crippen LogP contribution in [0.1, 0.15) is 40.5 Å². The first kappa shape index (κ1) is 14.8. The van der Waals surface area contributed by atoms with Gasteiger partial charge in [-0.1, -0.05) is 13.8 Å². The molecule has 4 heteroatoms. The zero-order valence-electron chi connectivity index (χ0n) is 10.4. The molecule has 16 heavy (non-hydrogen) atoms. The number of rotatable bonds is 7. The molecule has 1 unspecified atom stereocenters. The maximum absolute atomic E-state index is 12.0. The number of ketones is 1. The van der Waals surface area contributed by atoms with Crippen molar-refractivity contribution in [2.45, 2.75) is 40.5 Å². The summed E-state index contributed by atoms with van der Waals surface area (Å²) in [7, 11) is 0. The molecule has 0 aromatic heterocycles. The lowest BCUT2D eigenvalue weighted by atomic mass is 9.77. The fourth-order valence-corrected chi connectivity index (χ4v) is 1.60. The Bertz CT molecular complexity index is 270. The van der Waals surface area contributed by atoms with Crippen LogP contribution in [0.5, 0.6) is 0 Å². The van der Waals surface area contributed by atoms with E-state index in [1.807, 2.05) is 0 Å². The van der Waals surface area contributed by atoms with Crippen LogP contribution < -0.4 is 0 Å². The Balaban J connectivity index is 4.93. The number of ether oxygens (including phenoxy) is 1. The zero-order chi connectivity index (χ0) is 12.8.